The molecule has 0 bridgehead atoms. The van der Waals surface area contributed by atoms with Crippen LogP contribution in [0.4, 0.5) is 0 Å². The van der Waals surface area contributed by atoms with Crippen LogP contribution in [0.15, 0.2) is 24.3 Å². The van der Waals surface area contributed by atoms with Crippen LogP contribution >= 0.6 is 0 Å². The summed E-state index contributed by atoms with van der Waals surface area (Å²) < 4.78 is 0. The molecule has 1 amide bonds. The Balaban J connectivity index is 3.71. The van der Waals surface area contributed by atoms with Crippen LogP contribution in [-0.4, -0.2) is 57.3 Å². The van der Waals surface area contributed by atoms with Crippen molar-refractivity contribution in [1.29, 1.82) is 0 Å². The normalized spacial score (nSPS) is 14.3. The lowest BCUT2D eigenvalue weighted by atomic mass is 10.00. The van der Waals surface area contributed by atoms with Crippen LogP contribution in [-0.2, 0) is 4.79 Å². The number of aliphatic hydroxyl groups is 4. The van der Waals surface area contributed by atoms with Crippen molar-refractivity contribution in [2.75, 3.05) is 6.61 Å². The van der Waals surface area contributed by atoms with Crippen molar-refractivity contribution < 1.29 is 25.2 Å². The van der Waals surface area contributed by atoms with Crippen LogP contribution in [0.2, 0.25) is 0 Å². The second-order valence-corrected chi connectivity index (χ2v) is 15.7. The van der Waals surface area contributed by atoms with Gasteiger partial charge in [-0.15, -0.1) is 0 Å². The smallest absolute Gasteiger partial charge is 0.249 e. The van der Waals surface area contributed by atoms with Gasteiger partial charge in [0.2, 0.25) is 5.91 Å². The molecule has 0 heterocycles. The van der Waals surface area contributed by atoms with E-state index in [0.29, 0.717) is 19.3 Å². The Kier molecular flexibility index (Phi) is 40.0. The molecule has 6 heteroatoms. The number of carbonyl (C=O) groups is 1. The van der Waals surface area contributed by atoms with Gasteiger partial charge in [-0.3, -0.25) is 4.79 Å². The second kappa shape index (κ2) is 41.0. The maximum atomic E-state index is 12.4. The van der Waals surface area contributed by atoms with E-state index < -0.39 is 36.9 Å². The van der Waals surface area contributed by atoms with E-state index in [1.165, 1.54) is 161 Å². The van der Waals surface area contributed by atoms with E-state index in [1.807, 2.05) is 0 Å². The highest BCUT2D eigenvalue weighted by molar-refractivity contribution is 5.80. The summed E-state index contributed by atoms with van der Waals surface area (Å²) in [7, 11) is 0. The van der Waals surface area contributed by atoms with Gasteiger partial charge >= 0.3 is 0 Å². The van der Waals surface area contributed by atoms with Gasteiger partial charge < -0.3 is 25.7 Å². The summed E-state index contributed by atoms with van der Waals surface area (Å²) in [6.07, 6.45) is 46.6. The SMILES string of the molecule is CCCCCCCCCCCCCCCCCCC/C=C/CC/C=C/CCCC(O)C(O)C(CO)NC(=O)C(O)CCCCCCCCCCCC. The maximum Gasteiger partial charge on any atom is 0.249 e. The molecule has 0 aliphatic rings. The molecule has 52 heavy (non-hydrogen) atoms. The van der Waals surface area contributed by atoms with Gasteiger partial charge in [-0.05, 0) is 51.4 Å². The molecule has 0 aromatic heterocycles. The zero-order valence-electron chi connectivity index (χ0n) is 34.6. The number of nitrogens with one attached hydrogen (secondary N) is 1. The molecule has 0 saturated heterocycles. The molecule has 0 spiro atoms. The van der Waals surface area contributed by atoms with Crippen LogP contribution in [0.3, 0.4) is 0 Å². The average molecular weight is 736 g/mol. The van der Waals surface area contributed by atoms with Crippen LogP contribution in [0.1, 0.15) is 232 Å². The van der Waals surface area contributed by atoms with Gasteiger partial charge in [0.1, 0.15) is 12.2 Å². The number of carbonyl (C=O) groups excluding carboxylic acids is 1. The molecule has 0 radical (unpaired) electrons. The first-order chi connectivity index (χ1) is 25.5. The average Bonchev–Trinajstić information content (AvgIpc) is 3.15. The molecule has 0 fully saturated rings. The molecule has 0 aliphatic heterocycles. The number of amides is 1. The van der Waals surface area contributed by atoms with E-state index >= 15 is 0 Å². The van der Waals surface area contributed by atoms with E-state index in [1.54, 1.807) is 0 Å². The molecule has 5 N–H and O–H groups in total. The standard InChI is InChI=1S/C46H89NO5/c1-3-5-7-9-11-13-15-16-17-18-19-20-21-22-23-24-25-26-27-28-29-30-32-33-35-37-39-43(49)45(51)42(41-48)47-46(52)44(50)40-38-36-34-31-14-12-10-8-6-4-2/h27-28,32-33,42-45,48-51H,3-26,29-31,34-41H2,1-2H3,(H,47,52)/b28-27+,33-32+. The predicted molar refractivity (Wildman–Crippen MR) is 224 cm³/mol. The zero-order chi connectivity index (χ0) is 38.2. The quantitative estimate of drug-likeness (QED) is 0.0317. The fourth-order valence-corrected chi connectivity index (χ4v) is 7.01. The zero-order valence-corrected chi connectivity index (χ0v) is 34.6. The molecule has 0 aromatic rings. The molecule has 4 atom stereocenters. The van der Waals surface area contributed by atoms with Crippen molar-refractivity contribution in [3.8, 4) is 0 Å². The van der Waals surface area contributed by atoms with Crippen molar-refractivity contribution in [2.45, 2.75) is 257 Å². The molecule has 0 saturated carbocycles. The Morgan fingerprint density at radius 2 is 0.808 bits per heavy atom. The van der Waals surface area contributed by atoms with Gasteiger partial charge in [0.05, 0.1) is 18.8 Å². The van der Waals surface area contributed by atoms with Crippen LogP contribution in [0.5, 0.6) is 0 Å². The summed E-state index contributed by atoms with van der Waals surface area (Å²) >= 11 is 0. The summed E-state index contributed by atoms with van der Waals surface area (Å²) in [4.78, 5) is 12.4. The third-order valence-corrected chi connectivity index (χ3v) is 10.6. The van der Waals surface area contributed by atoms with Crippen LogP contribution < -0.4 is 5.32 Å². The lowest BCUT2D eigenvalue weighted by molar-refractivity contribution is -0.132. The van der Waals surface area contributed by atoms with Crippen molar-refractivity contribution in [3.63, 3.8) is 0 Å². The largest absolute Gasteiger partial charge is 0.394 e. The van der Waals surface area contributed by atoms with Crippen LogP contribution in [0, 0.1) is 0 Å². The Bertz CT molecular complexity index is 787. The summed E-state index contributed by atoms with van der Waals surface area (Å²) in [6, 6.07) is -1.00. The third kappa shape index (κ3) is 34.6. The van der Waals surface area contributed by atoms with Crippen molar-refractivity contribution >= 4 is 5.91 Å². The van der Waals surface area contributed by atoms with E-state index in [-0.39, 0.29) is 0 Å². The van der Waals surface area contributed by atoms with Gasteiger partial charge in [0.15, 0.2) is 0 Å². The highest BCUT2D eigenvalue weighted by Crippen LogP contribution is 2.16. The van der Waals surface area contributed by atoms with Gasteiger partial charge in [-0.1, -0.05) is 205 Å². The number of hydrogen-bond acceptors (Lipinski definition) is 5. The summed E-state index contributed by atoms with van der Waals surface area (Å²) in [5, 5.41) is 43.5. The Labute approximate surface area is 323 Å². The molecule has 308 valence electrons. The Morgan fingerprint density at radius 1 is 0.462 bits per heavy atom. The number of hydrogen-bond donors (Lipinski definition) is 5. The summed E-state index contributed by atoms with van der Waals surface area (Å²) in [5.74, 6) is -0.599. The Morgan fingerprint density at radius 3 is 1.21 bits per heavy atom. The minimum Gasteiger partial charge on any atom is -0.394 e. The molecule has 0 aliphatic carbocycles. The number of rotatable bonds is 41. The van der Waals surface area contributed by atoms with Crippen LogP contribution in [0.25, 0.3) is 0 Å². The number of aliphatic hydroxyl groups excluding tert-OH is 4. The molecule has 6 nitrogen and oxygen atoms in total. The fourth-order valence-electron chi connectivity index (χ4n) is 7.01. The molecule has 0 aromatic carbocycles. The lowest BCUT2D eigenvalue weighted by Crippen LogP contribution is -2.53. The third-order valence-electron chi connectivity index (χ3n) is 10.6. The second-order valence-electron chi connectivity index (χ2n) is 15.7. The highest BCUT2D eigenvalue weighted by atomic mass is 16.3. The monoisotopic (exact) mass is 736 g/mol. The lowest BCUT2D eigenvalue weighted by Gasteiger charge is -2.27. The molecule has 4 unspecified atom stereocenters. The predicted octanol–water partition coefficient (Wildman–Crippen LogP) is 12.0. The first-order valence-electron chi connectivity index (χ1n) is 22.7. The molecule has 0 rings (SSSR count). The summed E-state index contributed by atoms with van der Waals surface area (Å²) in [6.45, 7) is 4.02. The van der Waals surface area contributed by atoms with Crippen molar-refractivity contribution in [2.24, 2.45) is 0 Å². The van der Waals surface area contributed by atoms with Gasteiger partial charge in [-0.2, -0.15) is 0 Å². The first-order valence-corrected chi connectivity index (χ1v) is 22.7. The topological polar surface area (TPSA) is 110 Å². The molecular weight excluding hydrogens is 647 g/mol. The van der Waals surface area contributed by atoms with Crippen molar-refractivity contribution in [3.05, 3.63) is 24.3 Å². The van der Waals surface area contributed by atoms with Gasteiger partial charge in [0, 0.05) is 0 Å². The van der Waals surface area contributed by atoms with E-state index in [0.717, 1.165) is 38.5 Å². The van der Waals surface area contributed by atoms with Gasteiger partial charge in [-0.25, -0.2) is 0 Å². The minimum absolute atomic E-state index is 0.362. The highest BCUT2D eigenvalue weighted by Gasteiger charge is 2.28. The first kappa shape index (κ1) is 50.8. The van der Waals surface area contributed by atoms with E-state index in [2.05, 4.69) is 43.5 Å². The molecular formula is C46H89NO5. The van der Waals surface area contributed by atoms with E-state index in [9.17, 15) is 25.2 Å². The summed E-state index contributed by atoms with van der Waals surface area (Å²) in [5.41, 5.74) is 0. The van der Waals surface area contributed by atoms with Crippen molar-refractivity contribution in [1.82, 2.24) is 5.32 Å². The fraction of sp³-hybridized carbons (Fsp3) is 0.891. The number of allylic oxidation sites excluding steroid dienone is 4. The Hall–Kier alpha value is -1.21. The van der Waals surface area contributed by atoms with E-state index in [4.69, 9.17) is 0 Å². The maximum absolute atomic E-state index is 12.4. The number of unbranched alkanes of at least 4 members (excludes halogenated alkanes) is 28. The minimum atomic E-state index is -1.29. The van der Waals surface area contributed by atoms with Gasteiger partial charge in [0.25, 0.3) is 0 Å².